The molecule has 134 valence electrons. The lowest BCUT2D eigenvalue weighted by Gasteiger charge is -2.27. The van der Waals surface area contributed by atoms with Gasteiger partial charge in [-0.05, 0) is 29.8 Å². The second kappa shape index (κ2) is 7.53. The molecule has 26 heavy (non-hydrogen) atoms. The first kappa shape index (κ1) is 16.5. The minimum absolute atomic E-state index is 0.593. The second-order valence-corrected chi connectivity index (χ2v) is 6.08. The van der Waals surface area contributed by atoms with Gasteiger partial charge < -0.3 is 19.7 Å². The average molecular weight is 351 g/mol. The highest BCUT2D eigenvalue weighted by Crippen LogP contribution is 2.28. The van der Waals surface area contributed by atoms with Gasteiger partial charge in [0.1, 0.15) is 0 Å². The van der Waals surface area contributed by atoms with Crippen LogP contribution in [0.2, 0.25) is 0 Å². The molecule has 0 amide bonds. The molecule has 1 aliphatic rings. The Kier molecular flexibility index (Phi) is 4.79. The summed E-state index contributed by atoms with van der Waals surface area (Å²) in [6.45, 7) is 3.66. The molecule has 3 aromatic rings. The summed E-state index contributed by atoms with van der Waals surface area (Å²) >= 11 is 0. The molecule has 0 unspecified atom stereocenters. The van der Waals surface area contributed by atoms with Crippen LogP contribution in [0.5, 0.6) is 5.88 Å². The van der Waals surface area contributed by atoms with E-state index in [-0.39, 0.29) is 0 Å². The number of pyridine rings is 1. The number of rotatable bonds is 5. The molecule has 1 N–H and O–H groups in total. The predicted molar refractivity (Wildman–Crippen MR) is 101 cm³/mol. The van der Waals surface area contributed by atoms with Crippen molar-refractivity contribution in [1.82, 2.24) is 15.0 Å². The topological polar surface area (TPSA) is 72.4 Å². The standard InChI is InChI=1S/C19H21N5O2/c1-25-18-16-5-4-15(21-13-14-3-2-6-20-12-14)11-17(16)22-19(23-18)24-7-9-26-10-8-24/h2-6,11-12,21H,7-10,13H2,1H3. The number of methoxy groups -OCH3 is 1. The second-order valence-electron chi connectivity index (χ2n) is 6.08. The van der Waals surface area contributed by atoms with Crippen LogP contribution in [-0.4, -0.2) is 48.4 Å². The minimum atomic E-state index is 0.593. The SMILES string of the molecule is COc1nc(N2CCOCC2)nc2cc(NCc3cccnc3)ccc12. The Morgan fingerprint density at radius 1 is 1.19 bits per heavy atom. The first-order valence-electron chi connectivity index (χ1n) is 8.65. The molecule has 0 radical (unpaired) electrons. The summed E-state index contributed by atoms with van der Waals surface area (Å²) < 4.78 is 10.9. The lowest BCUT2D eigenvalue weighted by Crippen LogP contribution is -2.37. The normalized spacial score (nSPS) is 14.4. The van der Waals surface area contributed by atoms with Crippen molar-refractivity contribution in [2.75, 3.05) is 43.6 Å². The highest BCUT2D eigenvalue weighted by molar-refractivity contribution is 5.87. The van der Waals surface area contributed by atoms with Gasteiger partial charge in [0.25, 0.3) is 0 Å². The third-order valence-corrected chi connectivity index (χ3v) is 4.36. The van der Waals surface area contributed by atoms with Gasteiger partial charge in [-0.1, -0.05) is 6.07 Å². The molecule has 3 heterocycles. The molecule has 7 heteroatoms. The Labute approximate surface area is 152 Å². The summed E-state index contributed by atoms with van der Waals surface area (Å²) in [6.07, 6.45) is 3.63. The van der Waals surface area contributed by atoms with Crippen LogP contribution in [-0.2, 0) is 11.3 Å². The van der Waals surface area contributed by atoms with E-state index in [0.717, 1.165) is 35.2 Å². The van der Waals surface area contributed by atoms with Crippen molar-refractivity contribution in [3.63, 3.8) is 0 Å². The van der Waals surface area contributed by atoms with Crippen molar-refractivity contribution < 1.29 is 9.47 Å². The predicted octanol–water partition coefficient (Wildman–Crippen LogP) is 2.48. The number of hydrogen-bond acceptors (Lipinski definition) is 7. The Balaban J connectivity index is 1.62. The lowest BCUT2D eigenvalue weighted by atomic mass is 10.2. The zero-order chi connectivity index (χ0) is 17.8. The van der Waals surface area contributed by atoms with Gasteiger partial charge in [-0.15, -0.1) is 0 Å². The number of fused-ring (bicyclic) bond motifs is 1. The molecule has 0 bridgehead atoms. The average Bonchev–Trinajstić information content (AvgIpc) is 2.72. The van der Waals surface area contributed by atoms with Crippen molar-refractivity contribution in [1.29, 1.82) is 0 Å². The largest absolute Gasteiger partial charge is 0.480 e. The first-order chi connectivity index (χ1) is 12.8. The number of nitrogens with one attached hydrogen (secondary N) is 1. The molecule has 4 rings (SSSR count). The van der Waals surface area contributed by atoms with Crippen LogP contribution in [0.4, 0.5) is 11.6 Å². The van der Waals surface area contributed by atoms with E-state index in [1.807, 2.05) is 36.5 Å². The number of hydrogen-bond donors (Lipinski definition) is 1. The Hall–Kier alpha value is -2.93. The van der Waals surface area contributed by atoms with Gasteiger partial charge in [0, 0.05) is 37.7 Å². The number of aromatic nitrogens is 3. The van der Waals surface area contributed by atoms with E-state index in [2.05, 4.69) is 20.2 Å². The number of benzene rings is 1. The van der Waals surface area contributed by atoms with E-state index in [1.165, 1.54) is 0 Å². The third kappa shape index (κ3) is 3.52. The van der Waals surface area contributed by atoms with E-state index in [0.29, 0.717) is 31.6 Å². The lowest BCUT2D eigenvalue weighted by molar-refractivity contribution is 0.122. The fourth-order valence-corrected chi connectivity index (χ4v) is 2.97. The molecule has 1 fully saturated rings. The number of ether oxygens (including phenoxy) is 2. The van der Waals surface area contributed by atoms with E-state index >= 15 is 0 Å². The maximum Gasteiger partial charge on any atom is 0.229 e. The third-order valence-electron chi connectivity index (χ3n) is 4.36. The summed E-state index contributed by atoms with van der Waals surface area (Å²) in [5.74, 6) is 1.28. The summed E-state index contributed by atoms with van der Waals surface area (Å²) in [6, 6.07) is 10.0. The van der Waals surface area contributed by atoms with Crippen LogP contribution < -0.4 is 15.0 Å². The van der Waals surface area contributed by atoms with Crippen LogP contribution in [0.1, 0.15) is 5.56 Å². The van der Waals surface area contributed by atoms with Gasteiger partial charge >= 0.3 is 0 Å². The van der Waals surface area contributed by atoms with Gasteiger partial charge in [-0.3, -0.25) is 4.98 Å². The zero-order valence-electron chi connectivity index (χ0n) is 14.7. The Morgan fingerprint density at radius 3 is 2.85 bits per heavy atom. The van der Waals surface area contributed by atoms with Crippen LogP contribution in [0.15, 0.2) is 42.7 Å². The summed E-state index contributed by atoms with van der Waals surface area (Å²) in [7, 11) is 1.64. The molecule has 1 aliphatic heterocycles. The van der Waals surface area contributed by atoms with Crippen molar-refractivity contribution >= 4 is 22.5 Å². The quantitative estimate of drug-likeness (QED) is 0.757. The monoisotopic (exact) mass is 351 g/mol. The van der Waals surface area contributed by atoms with Crippen molar-refractivity contribution in [2.45, 2.75) is 6.54 Å². The van der Waals surface area contributed by atoms with Gasteiger partial charge in [-0.2, -0.15) is 4.98 Å². The molecule has 1 saturated heterocycles. The van der Waals surface area contributed by atoms with Crippen molar-refractivity contribution in [3.8, 4) is 5.88 Å². The van der Waals surface area contributed by atoms with Crippen LogP contribution >= 0.6 is 0 Å². The van der Waals surface area contributed by atoms with Crippen molar-refractivity contribution in [2.24, 2.45) is 0 Å². The van der Waals surface area contributed by atoms with Crippen molar-refractivity contribution in [3.05, 3.63) is 48.3 Å². The van der Waals surface area contributed by atoms with E-state index in [1.54, 1.807) is 13.3 Å². The summed E-state index contributed by atoms with van der Waals surface area (Å²) in [5, 5.41) is 4.31. The summed E-state index contributed by atoms with van der Waals surface area (Å²) in [4.78, 5) is 15.6. The maximum atomic E-state index is 5.49. The van der Waals surface area contributed by atoms with Crippen LogP contribution in [0.25, 0.3) is 10.9 Å². The highest BCUT2D eigenvalue weighted by Gasteiger charge is 2.17. The number of anilines is 2. The molecule has 0 aliphatic carbocycles. The zero-order valence-corrected chi connectivity index (χ0v) is 14.7. The maximum absolute atomic E-state index is 5.49. The fraction of sp³-hybridized carbons (Fsp3) is 0.316. The van der Waals surface area contributed by atoms with E-state index in [4.69, 9.17) is 14.5 Å². The molecular formula is C19H21N5O2. The van der Waals surface area contributed by atoms with Gasteiger partial charge in [0.15, 0.2) is 0 Å². The molecule has 2 aromatic heterocycles. The van der Waals surface area contributed by atoms with Gasteiger partial charge in [0.2, 0.25) is 11.8 Å². The Morgan fingerprint density at radius 2 is 2.08 bits per heavy atom. The minimum Gasteiger partial charge on any atom is -0.480 e. The first-order valence-corrected chi connectivity index (χ1v) is 8.65. The summed E-state index contributed by atoms with van der Waals surface area (Å²) in [5.41, 5.74) is 2.98. The van der Waals surface area contributed by atoms with Gasteiger partial charge in [-0.25, -0.2) is 4.98 Å². The fourth-order valence-electron chi connectivity index (χ4n) is 2.97. The number of morpholine rings is 1. The number of nitrogens with zero attached hydrogens (tertiary/aromatic N) is 4. The molecule has 0 atom stereocenters. The molecule has 0 saturated carbocycles. The van der Waals surface area contributed by atoms with Crippen LogP contribution in [0, 0.1) is 0 Å². The van der Waals surface area contributed by atoms with Gasteiger partial charge in [0.05, 0.1) is 31.2 Å². The highest BCUT2D eigenvalue weighted by atomic mass is 16.5. The van der Waals surface area contributed by atoms with E-state index in [9.17, 15) is 0 Å². The molecule has 7 nitrogen and oxygen atoms in total. The van der Waals surface area contributed by atoms with Crippen LogP contribution in [0.3, 0.4) is 0 Å². The molecule has 0 spiro atoms. The molecule has 1 aromatic carbocycles. The Bertz CT molecular complexity index is 882. The molecular weight excluding hydrogens is 330 g/mol. The smallest absolute Gasteiger partial charge is 0.229 e. The van der Waals surface area contributed by atoms with E-state index < -0.39 is 0 Å².